The van der Waals surface area contributed by atoms with Crippen molar-refractivity contribution in [2.45, 2.75) is 31.6 Å². The van der Waals surface area contributed by atoms with Gasteiger partial charge in [-0.2, -0.15) is 0 Å². The van der Waals surface area contributed by atoms with E-state index in [1.165, 1.54) is 27.8 Å². The minimum absolute atomic E-state index is 0.327. The zero-order chi connectivity index (χ0) is 22.1. The number of hydrogen-bond acceptors (Lipinski definition) is 3. The molecule has 0 aliphatic rings. The molecule has 160 valence electrons. The molecule has 3 rings (SSSR count). The van der Waals surface area contributed by atoms with Crippen molar-refractivity contribution in [3.63, 3.8) is 0 Å². The van der Waals surface area contributed by atoms with E-state index in [4.69, 9.17) is 9.84 Å². The number of benzene rings is 3. The minimum Gasteiger partial charge on any atom is -0.482 e. The van der Waals surface area contributed by atoms with Crippen LogP contribution in [-0.4, -0.2) is 23.4 Å². The summed E-state index contributed by atoms with van der Waals surface area (Å²) in [5.74, 6) is 0.417. The second-order valence-corrected chi connectivity index (χ2v) is 8.28. The number of aliphatic carboxylic acids is 1. The predicted molar refractivity (Wildman–Crippen MR) is 129 cm³/mol. The van der Waals surface area contributed by atoms with Crippen molar-refractivity contribution >= 4 is 23.3 Å². The third-order valence-electron chi connectivity index (χ3n) is 5.07. The van der Waals surface area contributed by atoms with Gasteiger partial charge in [-0.15, -0.1) is 11.8 Å². The first-order chi connectivity index (χ1) is 15.1. The first-order valence-electron chi connectivity index (χ1n) is 10.5. The van der Waals surface area contributed by atoms with Crippen molar-refractivity contribution in [3.8, 4) is 5.75 Å². The lowest BCUT2D eigenvalue weighted by Crippen LogP contribution is -2.09. The van der Waals surface area contributed by atoms with Crippen molar-refractivity contribution in [1.82, 2.24) is 0 Å². The van der Waals surface area contributed by atoms with E-state index >= 15 is 0 Å². The van der Waals surface area contributed by atoms with Crippen molar-refractivity contribution < 1.29 is 14.6 Å². The largest absolute Gasteiger partial charge is 0.482 e. The number of carboxylic acid groups (broad SMARTS) is 1. The Morgan fingerprint density at radius 3 is 1.81 bits per heavy atom. The molecule has 0 fully saturated rings. The molecule has 3 aromatic rings. The smallest absolute Gasteiger partial charge is 0.341 e. The SMILES string of the molecule is CCc1ccc(C(=CCSc2ccc(OCC(=O)O)cc2)c2ccc(CC)cc2)cc1. The highest BCUT2D eigenvalue weighted by molar-refractivity contribution is 7.99. The van der Waals surface area contributed by atoms with Crippen LogP contribution in [-0.2, 0) is 17.6 Å². The molecular weight excluding hydrogens is 404 g/mol. The molecular formula is C27H28O3S. The van der Waals surface area contributed by atoms with Gasteiger partial charge in [-0.3, -0.25) is 0 Å². The molecule has 0 bridgehead atoms. The van der Waals surface area contributed by atoms with Crippen molar-refractivity contribution in [2.24, 2.45) is 0 Å². The van der Waals surface area contributed by atoms with Crippen molar-refractivity contribution in [1.29, 1.82) is 0 Å². The fourth-order valence-electron chi connectivity index (χ4n) is 3.24. The zero-order valence-corrected chi connectivity index (χ0v) is 18.8. The molecule has 0 heterocycles. The van der Waals surface area contributed by atoms with Gasteiger partial charge in [-0.1, -0.05) is 68.5 Å². The van der Waals surface area contributed by atoms with Crippen LogP contribution in [0.5, 0.6) is 5.75 Å². The number of rotatable bonds is 10. The van der Waals surface area contributed by atoms with Gasteiger partial charge in [-0.05, 0) is 64.9 Å². The summed E-state index contributed by atoms with van der Waals surface area (Å²) in [5, 5.41) is 8.71. The van der Waals surface area contributed by atoms with E-state index in [1.807, 2.05) is 24.3 Å². The van der Waals surface area contributed by atoms with Gasteiger partial charge >= 0.3 is 5.97 Å². The van der Waals surface area contributed by atoms with Gasteiger partial charge in [0.25, 0.3) is 0 Å². The Kier molecular flexibility index (Phi) is 8.36. The van der Waals surface area contributed by atoms with E-state index in [0.717, 1.165) is 23.5 Å². The normalized spacial score (nSPS) is 10.5. The first kappa shape index (κ1) is 22.7. The molecule has 4 heteroatoms. The maximum absolute atomic E-state index is 10.6. The first-order valence-corrected chi connectivity index (χ1v) is 11.5. The second-order valence-electron chi connectivity index (χ2n) is 7.18. The minimum atomic E-state index is -0.977. The van der Waals surface area contributed by atoms with Crippen LogP contribution >= 0.6 is 11.8 Å². The summed E-state index contributed by atoms with van der Waals surface area (Å²) in [6.07, 6.45) is 4.35. The molecule has 0 atom stereocenters. The topological polar surface area (TPSA) is 46.5 Å². The Morgan fingerprint density at radius 2 is 1.35 bits per heavy atom. The Bertz CT molecular complexity index is 954. The number of hydrogen-bond donors (Lipinski definition) is 1. The number of thioether (sulfide) groups is 1. The summed E-state index contributed by atoms with van der Waals surface area (Å²) in [6, 6.07) is 25.2. The zero-order valence-electron chi connectivity index (χ0n) is 18.0. The highest BCUT2D eigenvalue weighted by Crippen LogP contribution is 2.27. The summed E-state index contributed by atoms with van der Waals surface area (Å²) < 4.78 is 5.20. The third kappa shape index (κ3) is 6.76. The summed E-state index contributed by atoms with van der Waals surface area (Å²) >= 11 is 1.74. The molecule has 31 heavy (non-hydrogen) atoms. The molecule has 0 aliphatic heterocycles. The summed E-state index contributed by atoms with van der Waals surface area (Å²) in [5.41, 5.74) is 6.35. The standard InChI is InChI=1S/C27H28O3S/c1-3-20-5-9-22(10-6-20)26(23-11-7-21(4-2)8-12-23)17-18-31-25-15-13-24(14-16-25)30-19-27(28)29/h5-17H,3-4,18-19H2,1-2H3,(H,28,29). The van der Waals surface area contributed by atoms with Gasteiger partial charge in [0.1, 0.15) is 5.75 Å². The highest BCUT2D eigenvalue weighted by Gasteiger charge is 2.06. The van der Waals surface area contributed by atoms with Gasteiger partial charge in [0.05, 0.1) is 0 Å². The monoisotopic (exact) mass is 432 g/mol. The molecule has 0 unspecified atom stereocenters. The Hall–Kier alpha value is -2.98. The molecule has 0 saturated heterocycles. The van der Waals surface area contributed by atoms with Crippen LogP contribution in [0.2, 0.25) is 0 Å². The summed E-state index contributed by atoms with van der Waals surface area (Å²) in [6.45, 7) is 4.01. The predicted octanol–water partition coefficient (Wildman–Crippen LogP) is 6.50. The Morgan fingerprint density at radius 1 is 0.839 bits per heavy atom. The van der Waals surface area contributed by atoms with E-state index in [0.29, 0.717) is 5.75 Å². The van der Waals surface area contributed by atoms with E-state index in [9.17, 15) is 4.79 Å². The summed E-state index contributed by atoms with van der Waals surface area (Å²) in [7, 11) is 0. The van der Waals surface area contributed by atoms with Crippen LogP contribution in [0.4, 0.5) is 0 Å². The van der Waals surface area contributed by atoms with Crippen LogP contribution in [0.25, 0.3) is 5.57 Å². The quantitative estimate of drug-likeness (QED) is 0.372. The van der Waals surface area contributed by atoms with Crippen LogP contribution in [0.1, 0.15) is 36.1 Å². The van der Waals surface area contributed by atoms with Gasteiger partial charge in [0.15, 0.2) is 6.61 Å². The second kappa shape index (κ2) is 11.4. The van der Waals surface area contributed by atoms with Gasteiger partial charge < -0.3 is 9.84 Å². The lowest BCUT2D eigenvalue weighted by molar-refractivity contribution is -0.139. The number of carboxylic acids is 1. The number of aryl methyl sites for hydroxylation is 2. The average Bonchev–Trinajstić information content (AvgIpc) is 2.81. The number of carbonyl (C=O) groups is 1. The molecule has 0 aromatic heterocycles. The average molecular weight is 433 g/mol. The Labute approximate surface area is 188 Å². The molecule has 0 aliphatic carbocycles. The molecule has 0 spiro atoms. The molecule has 1 N–H and O–H groups in total. The molecule has 0 amide bonds. The maximum atomic E-state index is 10.6. The van der Waals surface area contributed by atoms with Crippen molar-refractivity contribution in [2.75, 3.05) is 12.4 Å². The molecule has 3 aromatic carbocycles. The maximum Gasteiger partial charge on any atom is 0.341 e. The molecule has 3 nitrogen and oxygen atoms in total. The highest BCUT2D eigenvalue weighted by atomic mass is 32.2. The van der Waals surface area contributed by atoms with E-state index in [2.05, 4.69) is 68.5 Å². The molecule has 0 radical (unpaired) electrons. The van der Waals surface area contributed by atoms with Crippen molar-refractivity contribution in [3.05, 3.63) is 101 Å². The van der Waals surface area contributed by atoms with Crippen LogP contribution < -0.4 is 4.74 Å². The van der Waals surface area contributed by atoms with Crippen LogP contribution in [0.15, 0.2) is 83.8 Å². The lowest BCUT2D eigenvalue weighted by atomic mass is 9.95. The lowest BCUT2D eigenvalue weighted by Gasteiger charge is -2.11. The summed E-state index contributed by atoms with van der Waals surface area (Å²) in [4.78, 5) is 11.7. The third-order valence-corrected chi connectivity index (χ3v) is 6.01. The fraction of sp³-hybridized carbons (Fsp3) is 0.222. The van der Waals surface area contributed by atoms with E-state index in [1.54, 1.807) is 11.8 Å². The van der Waals surface area contributed by atoms with Crippen LogP contribution in [0.3, 0.4) is 0 Å². The van der Waals surface area contributed by atoms with Gasteiger partial charge in [0, 0.05) is 10.6 Å². The number of ether oxygens (including phenoxy) is 1. The fourth-order valence-corrected chi connectivity index (χ4v) is 4.01. The van der Waals surface area contributed by atoms with Gasteiger partial charge in [-0.25, -0.2) is 4.79 Å². The van der Waals surface area contributed by atoms with Crippen LogP contribution in [0, 0.1) is 0 Å². The molecule has 0 saturated carbocycles. The van der Waals surface area contributed by atoms with E-state index < -0.39 is 5.97 Å². The van der Waals surface area contributed by atoms with E-state index in [-0.39, 0.29) is 6.61 Å². The Balaban J connectivity index is 1.75. The van der Waals surface area contributed by atoms with Gasteiger partial charge in [0.2, 0.25) is 0 Å².